The van der Waals surface area contributed by atoms with E-state index in [0.717, 1.165) is 0 Å². The first kappa shape index (κ1) is 10.0. The molecule has 0 heterocycles. The van der Waals surface area contributed by atoms with Crippen molar-refractivity contribution in [3.05, 3.63) is 29.3 Å². The van der Waals surface area contributed by atoms with E-state index in [4.69, 9.17) is 28.9 Å². The summed E-state index contributed by atoms with van der Waals surface area (Å²) in [6, 6.07) is 4.10. The number of rotatable bonds is 2. The molecule has 0 aromatic heterocycles. The highest BCUT2D eigenvalue weighted by Crippen LogP contribution is 2.17. The number of nitrogens with two attached hydrogens (primary N) is 1. The molecule has 5 heteroatoms. The zero-order chi connectivity index (χ0) is 10.0. The Morgan fingerprint density at radius 2 is 1.77 bits per heavy atom. The van der Waals surface area contributed by atoms with Crippen molar-refractivity contribution in [2.24, 2.45) is 0 Å². The maximum absolute atomic E-state index is 10.8. The van der Waals surface area contributed by atoms with Gasteiger partial charge in [0, 0.05) is 11.3 Å². The SMILES string of the molecule is Nc1ccc(C(=O)Cl)cc1C(=O)Cl. The molecule has 0 amide bonds. The summed E-state index contributed by atoms with van der Waals surface area (Å²) in [5, 5.41) is -1.36. The van der Waals surface area contributed by atoms with Crippen molar-refractivity contribution in [1.82, 2.24) is 0 Å². The fourth-order valence-corrected chi connectivity index (χ4v) is 1.13. The van der Waals surface area contributed by atoms with Crippen LogP contribution >= 0.6 is 23.2 Å². The molecule has 0 saturated carbocycles. The van der Waals surface area contributed by atoms with Gasteiger partial charge in [-0.15, -0.1) is 0 Å². The highest BCUT2D eigenvalue weighted by atomic mass is 35.5. The van der Waals surface area contributed by atoms with Crippen LogP contribution in [0.2, 0.25) is 0 Å². The third kappa shape index (κ3) is 2.20. The van der Waals surface area contributed by atoms with Crippen LogP contribution in [-0.4, -0.2) is 10.5 Å². The lowest BCUT2D eigenvalue weighted by Gasteiger charge is -2.01. The van der Waals surface area contributed by atoms with E-state index in [0.29, 0.717) is 0 Å². The molecule has 1 rings (SSSR count). The molecule has 0 fully saturated rings. The number of hydrogen-bond acceptors (Lipinski definition) is 3. The average Bonchev–Trinajstić information content (AvgIpc) is 2.04. The van der Waals surface area contributed by atoms with Crippen molar-refractivity contribution < 1.29 is 9.59 Å². The minimum absolute atomic E-state index is 0.0909. The van der Waals surface area contributed by atoms with Crippen molar-refractivity contribution in [2.45, 2.75) is 0 Å². The van der Waals surface area contributed by atoms with Gasteiger partial charge in [0.25, 0.3) is 10.5 Å². The van der Waals surface area contributed by atoms with Crippen LogP contribution in [0.1, 0.15) is 20.7 Å². The number of nitrogen functional groups attached to an aromatic ring is 1. The lowest BCUT2D eigenvalue weighted by Crippen LogP contribution is -2.00. The number of carbonyl (C=O) groups is 2. The zero-order valence-corrected chi connectivity index (χ0v) is 7.89. The number of hydrogen-bond donors (Lipinski definition) is 1. The third-order valence-corrected chi connectivity index (χ3v) is 1.91. The van der Waals surface area contributed by atoms with Crippen LogP contribution in [-0.2, 0) is 0 Å². The molecule has 0 aliphatic heterocycles. The molecule has 1 aromatic rings. The predicted molar refractivity (Wildman–Crippen MR) is 51.2 cm³/mol. The molecule has 0 spiro atoms. The Bertz CT molecular complexity index is 376. The number of anilines is 1. The molecule has 0 aliphatic carbocycles. The van der Waals surface area contributed by atoms with Gasteiger partial charge in [0.05, 0.1) is 5.56 Å². The summed E-state index contributed by atoms with van der Waals surface area (Å²) in [6.07, 6.45) is 0. The van der Waals surface area contributed by atoms with Gasteiger partial charge < -0.3 is 5.73 Å². The lowest BCUT2D eigenvalue weighted by atomic mass is 10.1. The summed E-state index contributed by atoms with van der Waals surface area (Å²) in [7, 11) is 0. The molecule has 1 aromatic carbocycles. The van der Waals surface area contributed by atoms with Crippen molar-refractivity contribution in [3.8, 4) is 0 Å². The Morgan fingerprint density at radius 3 is 2.23 bits per heavy atom. The first-order valence-corrected chi connectivity index (χ1v) is 4.07. The van der Waals surface area contributed by atoms with E-state index in [1.165, 1.54) is 18.2 Å². The standard InChI is InChI=1S/C8H5Cl2NO2/c9-7(12)4-1-2-6(11)5(3-4)8(10)13/h1-3H,11H2. The van der Waals surface area contributed by atoms with E-state index in [1.807, 2.05) is 0 Å². The summed E-state index contributed by atoms with van der Waals surface area (Å²) >= 11 is 10.4. The van der Waals surface area contributed by atoms with Crippen LogP contribution in [0.15, 0.2) is 18.2 Å². The minimum atomic E-state index is -0.711. The Hall–Kier alpha value is -1.06. The first-order chi connectivity index (χ1) is 6.02. The third-order valence-electron chi connectivity index (χ3n) is 1.49. The molecule has 13 heavy (non-hydrogen) atoms. The largest absolute Gasteiger partial charge is 0.398 e. The highest BCUT2D eigenvalue weighted by Gasteiger charge is 2.10. The maximum Gasteiger partial charge on any atom is 0.254 e. The van der Waals surface area contributed by atoms with Gasteiger partial charge in [-0.2, -0.15) is 0 Å². The molecular formula is C8H5Cl2NO2. The van der Waals surface area contributed by atoms with E-state index in [-0.39, 0.29) is 16.8 Å². The molecule has 0 saturated heterocycles. The van der Waals surface area contributed by atoms with E-state index in [2.05, 4.69) is 0 Å². The molecule has 0 atom stereocenters. The average molecular weight is 218 g/mol. The fraction of sp³-hybridized carbons (Fsp3) is 0. The summed E-state index contributed by atoms with van der Waals surface area (Å²) in [6.45, 7) is 0. The van der Waals surface area contributed by atoms with Crippen LogP contribution in [0.3, 0.4) is 0 Å². The highest BCUT2D eigenvalue weighted by molar-refractivity contribution is 6.69. The van der Waals surface area contributed by atoms with Gasteiger partial charge >= 0.3 is 0 Å². The number of carbonyl (C=O) groups excluding carboxylic acids is 2. The van der Waals surface area contributed by atoms with Crippen molar-refractivity contribution in [1.29, 1.82) is 0 Å². The Morgan fingerprint density at radius 1 is 1.15 bits per heavy atom. The lowest BCUT2D eigenvalue weighted by molar-refractivity contribution is 0.108. The summed E-state index contributed by atoms with van der Waals surface area (Å²) in [5.74, 6) is 0. The molecule has 0 unspecified atom stereocenters. The van der Waals surface area contributed by atoms with E-state index < -0.39 is 10.5 Å². The van der Waals surface area contributed by atoms with Gasteiger partial charge in [0.15, 0.2) is 0 Å². The minimum Gasteiger partial charge on any atom is -0.398 e. The Balaban J connectivity index is 3.27. The van der Waals surface area contributed by atoms with Crippen LogP contribution in [0.25, 0.3) is 0 Å². The normalized spacial score (nSPS) is 9.69. The van der Waals surface area contributed by atoms with Gasteiger partial charge in [0.2, 0.25) is 0 Å². The monoisotopic (exact) mass is 217 g/mol. The molecule has 0 bridgehead atoms. The molecule has 0 aliphatic rings. The first-order valence-electron chi connectivity index (χ1n) is 3.31. The molecule has 2 N–H and O–H groups in total. The second-order valence-electron chi connectivity index (χ2n) is 2.35. The maximum atomic E-state index is 10.8. The number of halogens is 2. The van der Waals surface area contributed by atoms with Gasteiger partial charge in [-0.3, -0.25) is 9.59 Å². The van der Waals surface area contributed by atoms with Gasteiger partial charge in [-0.1, -0.05) is 0 Å². The van der Waals surface area contributed by atoms with Crippen LogP contribution < -0.4 is 5.73 Å². The van der Waals surface area contributed by atoms with Gasteiger partial charge in [-0.25, -0.2) is 0 Å². The van der Waals surface area contributed by atoms with E-state index in [9.17, 15) is 9.59 Å². The van der Waals surface area contributed by atoms with Crippen LogP contribution in [0, 0.1) is 0 Å². The van der Waals surface area contributed by atoms with Gasteiger partial charge in [0.1, 0.15) is 0 Å². The van der Waals surface area contributed by atoms with Crippen molar-refractivity contribution in [3.63, 3.8) is 0 Å². The molecule has 68 valence electrons. The summed E-state index contributed by atoms with van der Waals surface area (Å²) < 4.78 is 0. The van der Waals surface area contributed by atoms with E-state index in [1.54, 1.807) is 0 Å². The van der Waals surface area contributed by atoms with Crippen molar-refractivity contribution >= 4 is 39.4 Å². The Labute approximate surface area is 84.4 Å². The fourth-order valence-electron chi connectivity index (χ4n) is 0.849. The van der Waals surface area contributed by atoms with Crippen molar-refractivity contribution in [2.75, 3.05) is 5.73 Å². The quantitative estimate of drug-likeness (QED) is 0.610. The summed E-state index contributed by atoms with van der Waals surface area (Å²) in [4.78, 5) is 21.5. The molecule has 0 radical (unpaired) electrons. The Kier molecular flexibility index (Phi) is 2.90. The van der Waals surface area contributed by atoms with Gasteiger partial charge in [-0.05, 0) is 41.4 Å². The topological polar surface area (TPSA) is 60.2 Å². The summed E-state index contributed by atoms with van der Waals surface area (Å²) in [5.41, 5.74) is 5.94. The van der Waals surface area contributed by atoms with E-state index >= 15 is 0 Å². The predicted octanol–water partition coefficient (Wildman–Crippen LogP) is 2.03. The van der Waals surface area contributed by atoms with Crippen LogP contribution in [0.5, 0.6) is 0 Å². The smallest absolute Gasteiger partial charge is 0.254 e. The molecular weight excluding hydrogens is 213 g/mol. The van der Waals surface area contributed by atoms with Crippen LogP contribution in [0.4, 0.5) is 5.69 Å². The zero-order valence-electron chi connectivity index (χ0n) is 6.38. The number of benzene rings is 1. The second-order valence-corrected chi connectivity index (χ2v) is 3.04. The second kappa shape index (κ2) is 3.77. The molecule has 3 nitrogen and oxygen atoms in total.